The molecule has 1 atom stereocenters. The van der Waals surface area contributed by atoms with Crippen LogP contribution in [0.1, 0.15) is 30.9 Å². The molecule has 0 radical (unpaired) electrons. The van der Waals surface area contributed by atoms with Crippen LogP contribution in [0.3, 0.4) is 0 Å². The van der Waals surface area contributed by atoms with E-state index in [9.17, 15) is 0 Å². The van der Waals surface area contributed by atoms with Crippen LogP contribution in [0, 0.1) is 6.92 Å². The number of alkyl halides is 1. The van der Waals surface area contributed by atoms with Gasteiger partial charge in [-0.1, -0.05) is 24.6 Å². The van der Waals surface area contributed by atoms with Gasteiger partial charge in [-0.2, -0.15) is 0 Å². The van der Waals surface area contributed by atoms with Crippen molar-refractivity contribution in [1.29, 1.82) is 0 Å². The standard InChI is InChI=1S/C15H22ClNO/c1-3-14-11-17(7-4-8-18-14)15-6-5-12(2)9-13(15)10-16/h5-6,9,14H,3-4,7-8,10-11H2,1-2H3. The van der Waals surface area contributed by atoms with Gasteiger partial charge in [0.25, 0.3) is 0 Å². The van der Waals surface area contributed by atoms with Crippen LogP contribution in [0.25, 0.3) is 0 Å². The van der Waals surface area contributed by atoms with E-state index in [4.69, 9.17) is 16.3 Å². The lowest BCUT2D eigenvalue weighted by atomic mass is 10.1. The Hall–Kier alpha value is -0.730. The Morgan fingerprint density at radius 2 is 2.28 bits per heavy atom. The Morgan fingerprint density at radius 1 is 1.44 bits per heavy atom. The highest BCUT2D eigenvalue weighted by atomic mass is 35.5. The molecule has 1 unspecified atom stereocenters. The maximum absolute atomic E-state index is 6.08. The lowest BCUT2D eigenvalue weighted by Gasteiger charge is -2.27. The van der Waals surface area contributed by atoms with Gasteiger partial charge < -0.3 is 9.64 Å². The van der Waals surface area contributed by atoms with Gasteiger partial charge in [0.2, 0.25) is 0 Å². The Morgan fingerprint density at radius 3 is 3.00 bits per heavy atom. The highest BCUT2D eigenvalue weighted by molar-refractivity contribution is 6.17. The Kier molecular flexibility index (Phi) is 4.90. The highest BCUT2D eigenvalue weighted by Crippen LogP contribution is 2.25. The number of nitrogens with zero attached hydrogens (tertiary/aromatic N) is 1. The van der Waals surface area contributed by atoms with E-state index < -0.39 is 0 Å². The van der Waals surface area contributed by atoms with Crippen molar-refractivity contribution in [3.05, 3.63) is 29.3 Å². The number of benzene rings is 1. The zero-order valence-electron chi connectivity index (χ0n) is 11.3. The fraction of sp³-hybridized carbons (Fsp3) is 0.600. The van der Waals surface area contributed by atoms with E-state index in [1.165, 1.54) is 16.8 Å². The van der Waals surface area contributed by atoms with Gasteiger partial charge in [0.15, 0.2) is 0 Å². The lowest BCUT2D eigenvalue weighted by molar-refractivity contribution is 0.0664. The first-order chi connectivity index (χ1) is 8.74. The molecule has 0 spiro atoms. The van der Waals surface area contributed by atoms with Crippen LogP contribution >= 0.6 is 11.6 Å². The second-order valence-corrected chi connectivity index (χ2v) is 5.23. The van der Waals surface area contributed by atoms with E-state index in [1.54, 1.807) is 0 Å². The van der Waals surface area contributed by atoms with E-state index in [-0.39, 0.29) is 0 Å². The quantitative estimate of drug-likeness (QED) is 0.774. The van der Waals surface area contributed by atoms with Crippen molar-refractivity contribution < 1.29 is 4.74 Å². The van der Waals surface area contributed by atoms with E-state index in [1.807, 2.05) is 0 Å². The van der Waals surface area contributed by atoms with Crippen LogP contribution in [0.15, 0.2) is 18.2 Å². The summed E-state index contributed by atoms with van der Waals surface area (Å²) in [7, 11) is 0. The molecule has 1 fully saturated rings. The van der Waals surface area contributed by atoms with Crippen molar-refractivity contribution in [2.24, 2.45) is 0 Å². The fourth-order valence-electron chi connectivity index (χ4n) is 2.49. The Labute approximate surface area is 115 Å². The van der Waals surface area contributed by atoms with Crippen LogP contribution in [-0.4, -0.2) is 25.8 Å². The van der Waals surface area contributed by atoms with Crippen LogP contribution in [0.5, 0.6) is 0 Å². The molecule has 1 aromatic rings. The predicted octanol–water partition coefficient (Wildman–Crippen LogP) is 3.74. The first-order valence-electron chi connectivity index (χ1n) is 6.76. The number of aryl methyl sites for hydroxylation is 1. The monoisotopic (exact) mass is 267 g/mol. The van der Waals surface area contributed by atoms with Crippen molar-refractivity contribution in [1.82, 2.24) is 0 Å². The van der Waals surface area contributed by atoms with Crippen LogP contribution in [-0.2, 0) is 10.6 Å². The molecule has 1 heterocycles. The van der Waals surface area contributed by atoms with Gasteiger partial charge in [-0.15, -0.1) is 11.6 Å². The van der Waals surface area contributed by atoms with Gasteiger partial charge >= 0.3 is 0 Å². The zero-order chi connectivity index (χ0) is 13.0. The molecule has 0 amide bonds. The molecule has 2 nitrogen and oxygen atoms in total. The third-order valence-corrected chi connectivity index (χ3v) is 3.81. The van der Waals surface area contributed by atoms with Gasteiger partial charge in [-0.25, -0.2) is 0 Å². The molecule has 1 aromatic carbocycles. The molecule has 2 rings (SSSR count). The number of halogens is 1. The fourth-order valence-corrected chi connectivity index (χ4v) is 2.70. The first-order valence-corrected chi connectivity index (χ1v) is 7.30. The molecular formula is C15H22ClNO. The number of hydrogen-bond donors (Lipinski definition) is 0. The predicted molar refractivity (Wildman–Crippen MR) is 77.6 cm³/mol. The molecule has 3 heteroatoms. The third kappa shape index (κ3) is 3.18. The summed E-state index contributed by atoms with van der Waals surface area (Å²) in [5.41, 5.74) is 3.78. The maximum atomic E-state index is 6.08. The van der Waals surface area contributed by atoms with Crippen molar-refractivity contribution in [3.8, 4) is 0 Å². The topological polar surface area (TPSA) is 12.5 Å². The molecule has 0 aromatic heterocycles. The van der Waals surface area contributed by atoms with E-state index >= 15 is 0 Å². The molecule has 0 saturated carbocycles. The van der Waals surface area contributed by atoms with Crippen LogP contribution < -0.4 is 4.90 Å². The average molecular weight is 268 g/mol. The average Bonchev–Trinajstić information content (AvgIpc) is 2.63. The molecule has 1 aliphatic rings. The molecule has 18 heavy (non-hydrogen) atoms. The van der Waals surface area contributed by atoms with Gasteiger partial charge in [-0.05, 0) is 31.4 Å². The molecule has 1 saturated heterocycles. The van der Waals surface area contributed by atoms with Crippen molar-refractivity contribution in [3.63, 3.8) is 0 Å². The summed E-state index contributed by atoms with van der Waals surface area (Å²) in [6.45, 7) is 7.20. The van der Waals surface area contributed by atoms with Crippen LogP contribution in [0.4, 0.5) is 5.69 Å². The lowest BCUT2D eigenvalue weighted by Crippen LogP contribution is -2.32. The summed E-state index contributed by atoms with van der Waals surface area (Å²) >= 11 is 6.08. The smallest absolute Gasteiger partial charge is 0.0747 e. The van der Waals surface area contributed by atoms with E-state index in [0.29, 0.717) is 12.0 Å². The minimum atomic E-state index is 0.344. The molecule has 1 aliphatic heterocycles. The minimum Gasteiger partial charge on any atom is -0.376 e. The number of anilines is 1. The van der Waals surface area contributed by atoms with Gasteiger partial charge in [0, 0.05) is 31.3 Å². The minimum absolute atomic E-state index is 0.344. The largest absolute Gasteiger partial charge is 0.376 e. The molecule has 0 N–H and O–H groups in total. The summed E-state index contributed by atoms with van der Waals surface area (Å²) in [5.74, 6) is 0.575. The summed E-state index contributed by atoms with van der Waals surface area (Å²) in [5, 5.41) is 0. The second-order valence-electron chi connectivity index (χ2n) is 4.97. The van der Waals surface area contributed by atoms with E-state index in [0.717, 1.165) is 32.5 Å². The Bertz CT molecular complexity index is 394. The molecular weight excluding hydrogens is 246 g/mol. The zero-order valence-corrected chi connectivity index (χ0v) is 12.0. The van der Waals surface area contributed by atoms with Crippen molar-refractivity contribution >= 4 is 17.3 Å². The Balaban J connectivity index is 2.23. The first kappa shape index (κ1) is 13.7. The van der Waals surface area contributed by atoms with Crippen molar-refractivity contribution in [2.75, 3.05) is 24.6 Å². The molecule has 100 valence electrons. The maximum Gasteiger partial charge on any atom is 0.0747 e. The van der Waals surface area contributed by atoms with Crippen molar-refractivity contribution in [2.45, 2.75) is 38.7 Å². The molecule has 0 aliphatic carbocycles. The summed E-state index contributed by atoms with van der Waals surface area (Å²) < 4.78 is 5.83. The summed E-state index contributed by atoms with van der Waals surface area (Å²) in [4.78, 5) is 2.43. The SMILES string of the molecule is CCC1CN(c2ccc(C)cc2CCl)CCCO1. The second kappa shape index (κ2) is 6.44. The van der Waals surface area contributed by atoms with E-state index in [2.05, 4.69) is 36.9 Å². The van der Waals surface area contributed by atoms with Gasteiger partial charge in [0.05, 0.1) is 6.10 Å². The molecule has 0 bridgehead atoms. The number of hydrogen-bond acceptors (Lipinski definition) is 2. The number of rotatable bonds is 3. The summed E-state index contributed by atoms with van der Waals surface area (Å²) in [6, 6.07) is 6.55. The highest BCUT2D eigenvalue weighted by Gasteiger charge is 2.19. The normalized spacial score (nSPS) is 20.8. The van der Waals surface area contributed by atoms with Gasteiger partial charge in [0.1, 0.15) is 0 Å². The third-order valence-electron chi connectivity index (χ3n) is 3.52. The van der Waals surface area contributed by atoms with Crippen LogP contribution in [0.2, 0.25) is 0 Å². The number of ether oxygens (including phenoxy) is 1. The van der Waals surface area contributed by atoms with Gasteiger partial charge in [-0.3, -0.25) is 0 Å². The summed E-state index contributed by atoms with van der Waals surface area (Å²) in [6.07, 6.45) is 2.50.